The molecule has 2 amide bonds. The minimum Gasteiger partial charge on any atom is -0.366 e. The smallest absolute Gasteiger partial charge is 0.255 e. The fraction of sp³-hybridized carbons (Fsp3) is 0. The van der Waals surface area contributed by atoms with Crippen molar-refractivity contribution < 1.29 is 9.59 Å². The van der Waals surface area contributed by atoms with E-state index < -0.39 is 5.91 Å². The van der Waals surface area contributed by atoms with Gasteiger partial charge in [0.2, 0.25) is 5.91 Å². The lowest BCUT2D eigenvalue weighted by atomic mass is 10.2. The van der Waals surface area contributed by atoms with Crippen LogP contribution in [0.25, 0.3) is 0 Å². The molecule has 1 aromatic carbocycles. The standard InChI is InChI=1S/C13H10ClN3O2/c14-10-2-1-9(12(15)18)7-11(10)17-13(19)8-3-5-16-6-4-8/h1-7H,(H2,15,18)(H,17,19). The van der Waals surface area contributed by atoms with Gasteiger partial charge in [0.25, 0.3) is 5.91 Å². The summed E-state index contributed by atoms with van der Waals surface area (Å²) in [6.07, 6.45) is 3.02. The summed E-state index contributed by atoms with van der Waals surface area (Å²) in [5, 5.41) is 2.94. The van der Waals surface area contributed by atoms with Crippen molar-refractivity contribution >= 4 is 29.1 Å². The monoisotopic (exact) mass is 275 g/mol. The fourth-order valence-corrected chi connectivity index (χ4v) is 1.64. The third kappa shape index (κ3) is 3.08. The number of hydrogen-bond acceptors (Lipinski definition) is 3. The summed E-state index contributed by atoms with van der Waals surface area (Å²) in [7, 11) is 0. The highest BCUT2D eigenvalue weighted by Crippen LogP contribution is 2.23. The van der Waals surface area contributed by atoms with Crippen molar-refractivity contribution in [1.82, 2.24) is 4.98 Å². The molecule has 0 unspecified atom stereocenters. The molecular weight excluding hydrogens is 266 g/mol. The second kappa shape index (κ2) is 5.49. The van der Waals surface area contributed by atoms with Crippen LogP contribution in [0.5, 0.6) is 0 Å². The number of primary amides is 1. The van der Waals surface area contributed by atoms with Crippen molar-refractivity contribution in [3.8, 4) is 0 Å². The Morgan fingerprint density at radius 2 is 1.79 bits per heavy atom. The number of anilines is 1. The average Bonchev–Trinajstić information content (AvgIpc) is 2.42. The van der Waals surface area contributed by atoms with Crippen LogP contribution in [-0.2, 0) is 0 Å². The van der Waals surface area contributed by atoms with Gasteiger partial charge >= 0.3 is 0 Å². The number of carbonyl (C=O) groups excluding carboxylic acids is 2. The summed E-state index contributed by atoms with van der Waals surface area (Å²) in [6, 6.07) is 7.57. The van der Waals surface area contributed by atoms with E-state index in [0.717, 1.165) is 0 Å². The van der Waals surface area contributed by atoms with Crippen molar-refractivity contribution in [3.63, 3.8) is 0 Å². The summed E-state index contributed by atoms with van der Waals surface area (Å²) >= 11 is 5.95. The number of amides is 2. The third-order valence-electron chi connectivity index (χ3n) is 2.44. The van der Waals surface area contributed by atoms with E-state index in [1.54, 1.807) is 12.1 Å². The maximum atomic E-state index is 11.9. The van der Waals surface area contributed by atoms with Crippen LogP contribution in [0.2, 0.25) is 5.02 Å². The first-order valence-electron chi connectivity index (χ1n) is 5.38. The van der Waals surface area contributed by atoms with Gasteiger partial charge in [-0.3, -0.25) is 14.6 Å². The predicted molar refractivity (Wildman–Crippen MR) is 72.2 cm³/mol. The quantitative estimate of drug-likeness (QED) is 0.899. The van der Waals surface area contributed by atoms with Crippen LogP contribution in [0, 0.1) is 0 Å². The van der Waals surface area contributed by atoms with E-state index in [2.05, 4.69) is 10.3 Å². The highest BCUT2D eigenvalue weighted by Gasteiger charge is 2.10. The molecule has 0 atom stereocenters. The maximum absolute atomic E-state index is 11.9. The molecule has 0 aliphatic heterocycles. The Balaban J connectivity index is 2.26. The van der Waals surface area contributed by atoms with Crippen LogP contribution >= 0.6 is 11.6 Å². The van der Waals surface area contributed by atoms with Gasteiger partial charge in [0, 0.05) is 23.5 Å². The molecule has 3 N–H and O–H groups in total. The molecule has 0 saturated heterocycles. The minimum atomic E-state index is -0.587. The molecule has 0 aliphatic carbocycles. The number of benzene rings is 1. The average molecular weight is 276 g/mol. The number of carbonyl (C=O) groups is 2. The number of rotatable bonds is 3. The van der Waals surface area contributed by atoms with Crippen LogP contribution in [0.4, 0.5) is 5.69 Å². The van der Waals surface area contributed by atoms with Crippen molar-refractivity contribution in [1.29, 1.82) is 0 Å². The first-order chi connectivity index (χ1) is 9.08. The summed E-state index contributed by atoms with van der Waals surface area (Å²) in [4.78, 5) is 26.8. The highest BCUT2D eigenvalue weighted by atomic mass is 35.5. The molecule has 1 aromatic heterocycles. The predicted octanol–water partition coefficient (Wildman–Crippen LogP) is 2.09. The molecule has 96 valence electrons. The molecule has 2 aromatic rings. The molecule has 2 rings (SSSR count). The number of nitrogens with zero attached hydrogens (tertiary/aromatic N) is 1. The van der Waals surface area contributed by atoms with E-state index in [4.69, 9.17) is 17.3 Å². The van der Waals surface area contributed by atoms with Gasteiger partial charge in [0.15, 0.2) is 0 Å². The lowest BCUT2D eigenvalue weighted by Crippen LogP contribution is -2.14. The minimum absolute atomic E-state index is 0.273. The fourth-order valence-electron chi connectivity index (χ4n) is 1.47. The van der Waals surface area contributed by atoms with E-state index in [0.29, 0.717) is 16.3 Å². The van der Waals surface area contributed by atoms with E-state index in [-0.39, 0.29) is 11.5 Å². The Morgan fingerprint density at radius 1 is 1.11 bits per heavy atom. The summed E-state index contributed by atoms with van der Waals surface area (Å²) in [5.41, 5.74) is 6.22. The molecule has 0 fully saturated rings. The first kappa shape index (κ1) is 13.0. The van der Waals surface area contributed by atoms with Gasteiger partial charge in [-0.1, -0.05) is 11.6 Å². The zero-order valence-corrected chi connectivity index (χ0v) is 10.5. The van der Waals surface area contributed by atoms with E-state index >= 15 is 0 Å². The van der Waals surface area contributed by atoms with Crippen molar-refractivity contribution in [3.05, 3.63) is 58.9 Å². The SMILES string of the molecule is NC(=O)c1ccc(Cl)c(NC(=O)c2ccncc2)c1. The van der Waals surface area contributed by atoms with Gasteiger partial charge in [-0.25, -0.2) is 0 Å². The van der Waals surface area contributed by atoms with Crippen LogP contribution in [0.3, 0.4) is 0 Å². The molecular formula is C13H10ClN3O2. The molecule has 19 heavy (non-hydrogen) atoms. The van der Waals surface area contributed by atoms with Gasteiger partial charge < -0.3 is 11.1 Å². The van der Waals surface area contributed by atoms with Crippen molar-refractivity contribution in [2.75, 3.05) is 5.32 Å². The van der Waals surface area contributed by atoms with Crippen LogP contribution in [0.1, 0.15) is 20.7 Å². The zero-order chi connectivity index (χ0) is 13.8. The maximum Gasteiger partial charge on any atom is 0.255 e. The second-order valence-corrected chi connectivity index (χ2v) is 4.16. The van der Waals surface area contributed by atoms with Gasteiger partial charge in [0.1, 0.15) is 0 Å². The van der Waals surface area contributed by atoms with Gasteiger partial charge in [-0.05, 0) is 30.3 Å². The topological polar surface area (TPSA) is 85.1 Å². The number of nitrogens with one attached hydrogen (secondary N) is 1. The molecule has 0 saturated carbocycles. The number of hydrogen-bond donors (Lipinski definition) is 2. The first-order valence-corrected chi connectivity index (χ1v) is 5.76. The third-order valence-corrected chi connectivity index (χ3v) is 2.77. The molecule has 0 radical (unpaired) electrons. The van der Waals surface area contributed by atoms with Gasteiger partial charge in [-0.15, -0.1) is 0 Å². The molecule has 0 bridgehead atoms. The molecule has 0 aliphatic rings. The van der Waals surface area contributed by atoms with Gasteiger partial charge in [-0.2, -0.15) is 0 Å². The van der Waals surface area contributed by atoms with E-state index in [9.17, 15) is 9.59 Å². The largest absolute Gasteiger partial charge is 0.366 e. The van der Waals surface area contributed by atoms with Crippen molar-refractivity contribution in [2.24, 2.45) is 5.73 Å². The summed E-state index contributed by atoms with van der Waals surface area (Å²) < 4.78 is 0. The molecule has 0 spiro atoms. The van der Waals surface area contributed by atoms with Crippen LogP contribution in [-0.4, -0.2) is 16.8 Å². The highest BCUT2D eigenvalue weighted by molar-refractivity contribution is 6.34. The normalized spacial score (nSPS) is 9.95. The number of halogens is 1. The molecule has 6 heteroatoms. The van der Waals surface area contributed by atoms with E-state index in [1.807, 2.05) is 0 Å². The lowest BCUT2D eigenvalue weighted by Gasteiger charge is -2.08. The lowest BCUT2D eigenvalue weighted by molar-refractivity contribution is 0.0996. The van der Waals surface area contributed by atoms with Crippen LogP contribution < -0.4 is 11.1 Å². The Kier molecular flexibility index (Phi) is 3.77. The Labute approximate surface area is 114 Å². The Hall–Kier alpha value is -2.40. The van der Waals surface area contributed by atoms with Crippen LogP contribution in [0.15, 0.2) is 42.7 Å². The number of aromatic nitrogens is 1. The summed E-state index contributed by atoms with van der Waals surface area (Å²) in [5.74, 6) is -0.929. The van der Waals surface area contributed by atoms with Crippen molar-refractivity contribution in [2.45, 2.75) is 0 Å². The van der Waals surface area contributed by atoms with Gasteiger partial charge in [0.05, 0.1) is 10.7 Å². The number of nitrogens with two attached hydrogens (primary N) is 1. The molecule has 5 nitrogen and oxygen atoms in total. The number of pyridine rings is 1. The zero-order valence-electron chi connectivity index (χ0n) is 9.76. The second-order valence-electron chi connectivity index (χ2n) is 3.75. The Bertz CT molecular complexity index is 629. The summed E-state index contributed by atoms with van der Waals surface area (Å²) in [6.45, 7) is 0. The Morgan fingerprint density at radius 3 is 2.42 bits per heavy atom. The van der Waals surface area contributed by atoms with E-state index in [1.165, 1.54) is 30.6 Å². The molecule has 1 heterocycles.